The standard InChI is InChI=1S/C35H38N8O4/c1-20(2)33(45)40-16-12-23(13-17-40)26-19-25(30-31(36)39-15-18-41(26)30)22-8-10-24(11-9-22)29-28(32(37)44)34(46)43(27-7-5-6-14-38-27)35(47)42(29)21(3)4/h5-11,14-15,18-21,23H,12-13,16-17H2,1-4H3,(H2,36,39)(H2,37,44). The fourth-order valence-electron chi connectivity index (χ4n) is 6.61. The Labute approximate surface area is 271 Å². The van der Waals surface area contributed by atoms with Crippen LogP contribution in [0.25, 0.3) is 33.7 Å². The molecule has 0 bridgehead atoms. The van der Waals surface area contributed by atoms with Crippen molar-refractivity contribution in [3.8, 4) is 28.2 Å². The van der Waals surface area contributed by atoms with Gasteiger partial charge >= 0.3 is 5.69 Å². The second-order valence-electron chi connectivity index (χ2n) is 12.5. The summed E-state index contributed by atoms with van der Waals surface area (Å²) in [6.45, 7) is 8.83. The van der Waals surface area contributed by atoms with E-state index >= 15 is 0 Å². The lowest BCUT2D eigenvalue weighted by molar-refractivity contribution is -0.135. The molecule has 5 heterocycles. The molecule has 242 valence electrons. The summed E-state index contributed by atoms with van der Waals surface area (Å²) >= 11 is 0. The van der Waals surface area contributed by atoms with Gasteiger partial charge in [0.15, 0.2) is 0 Å². The number of carbonyl (C=O) groups excluding carboxylic acids is 2. The molecule has 1 aliphatic heterocycles. The number of pyridine rings is 1. The van der Waals surface area contributed by atoms with E-state index < -0.39 is 23.2 Å². The minimum atomic E-state index is -0.948. The quantitative estimate of drug-likeness (QED) is 0.273. The van der Waals surface area contributed by atoms with Crippen molar-refractivity contribution in [3.05, 3.63) is 99.2 Å². The van der Waals surface area contributed by atoms with E-state index in [1.54, 1.807) is 44.3 Å². The Balaban J connectivity index is 1.44. The van der Waals surface area contributed by atoms with Gasteiger partial charge in [-0.2, -0.15) is 0 Å². The number of piperidine rings is 1. The maximum Gasteiger partial charge on any atom is 0.337 e. The first kappa shape index (κ1) is 31.5. The number of rotatable bonds is 7. The lowest BCUT2D eigenvalue weighted by Crippen LogP contribution is -2.44. The first-order chi connectivity index (χ1) is 22.5. The minimum Gasteiger partial charge on any atom is -0.382 e. The molecule has 47 heavy (non-hydrogen) atoms. The average molecular weight is 635 g/mol. The molecule has 2 amide bonds. The summed E-state index contributed by atoms with van der Waals surface area (Å²) in [4.78, 5) is 63.4. The maximum atomic E-state index is 13.8. The third kappa shape index (κ3) is 5.49. The number of amides is 2. The van der Waals surface area contributed by atoms with Gasteiger partial charge < -0.3 is 20.8 Å². The van der Waals surface area contributed by atoms with Crippen molar-refractivity contribution >= 4 is 23.1 Å². The van der Waals surface area contributed by atoms with Gasteiger partial charge in [-0.1, -0.05) is 44.2 Å². The van der Waals surface area contributed by atoms with Crippen LogP contribution in [0.4, 0.5) is 5.82 Å². The highest BCUT2D eigenvalue weighted by Gasteiger charge is 2.29. The van der Waals surface area contributed by atoms with Crippen molar-refractivity contribution in [2.75, 3.05) is 18.8 Å². The predicted molar refractivity (Wildman–Crippen MR) is 180 cm³/mol. The molecule has 1 aliphatic rings. The number of likely N-dealkylation sites (tertiary alicyclic amines) is 1. The van der Waals surface area contributed by atoms with E-state index in [0.717, 1.165) is 39.7 Å². The second kappa shape index (κ2) is 12.3. The minimum absolute atomic E-state index is 0.0341. The lowest BCUT2D eigenvalue weighted by Gasteiger charge is -2.33. The Morgan fingerprint density at radius 1 is 0.915 bits per heavy atom. The molecule has 12 nitrogen and oxygen atoms in total. The van der Waals surface area contributed by atoms with Gasteiger partial charge in [-0.15, -0.1) is 0 Å². The van der Waals surface area contributed by atoms with E-state index in [2.05, 4.69) is 20.4 Å². The van der Waals surface area contributed by atoms with Crippen LogP contribution < -0.4 is 22.7 Å². The molecule has 1 aromatic carbocycles. The number of benzene rings is 1. The van der Waals surface area contributed by atoms with Crippen molar-refractivity contribution in [2.24, 2.45) is 11.7 Å². The Kier molecular flexibility index (Phi) is 8.27. The van der Waals surface area contributed by atoms with Gasteiger partial charge in [-0.25, -0.2) is 19.3 Å². The molecule has 0 radical (unpaired) electrons. The fraction of sp³-hybridized carbons (Fsp3) is 0.314. The number of anilines is 1. The molecular weight excluding hydrogens is 596 g/mol. The van der Waals surface area contributed by atoms with E-state index in [9.17, 15) is 19.2 Å². The number of nitrogen functional groups attached to an aromatic ring is 1. The van der Waals surface area contributed by atoms with Crippen LogP contribution in [0.2, 0.25) is 0 Å². The number of hydrogen-bond acceptors (Lipinski definition) is 7. The number of hydrogen-bond donors (Lipinski definition) is 2. The Morgan fingerprint density at radius 2 is 1.60 bits per heavy atom. The summed E-state index contributed by atoms with van der Waals surface area (Å²) < 4.78 is 4.36. The number of fused-ring (bicyclic) bond motifs is 1. The normalized spacial score (nSPS) is 14.0. The predicted octanol–water partition coefficient (Wildman–Crippen LogP) is 4.00. The molecule has 1 saturated heterocycles. The van der Waals surface area contributed by atoms with Gasteiger partial charge in [0.05, 0.1) is 11.2 Å². The summed E-state index contributed by atoms with van der Waals surface area (Å²) in [6, 6.07) is 13.8. The molecule has 12 heteroatoms. The maximum absolute atomic E-state index is 13.8. The van der Waals surface area contributed by atoms with E-state index in [1.165, 1.54) is 16.8 Å². The van der Waals surface area contributed by atoms with Crippen LogP contribution >= 0.6 is 0 Å². The second-order valence-corrected chi connectivity index (χ2v) is 12.5. The number of primary amides is 1. The van der Waals surface area contributed by atoms with Crippen LogP contribution in [0, 0.1) is 5.92 Å². The zero-order chi connectivity index (χ0) is 33.6. The van der Waals surface area contributed by atoms with Crippen molar-refractivity contribution in [1.82, 2.24) is 28.4 Å². The number of nitrogens with zero attached hydrogens (tertiary/aromatic N) is 6. The summed E-state index contributed by atoms with van der Waals surface area (Å²) in [6.07, 6.45) is 6.71. The van der Waals surface area contributed by atoms with E-state index in [-0.39, 0.29) is 34.8 Å². The molecule has 1 fully saturated rings. The molecule has 0 saturated carbocycles. The monoisotopic (exact) mass is 634 g/mol. The Morgan fingerprint density at radius 3 is 2.19 bits per heavy atom. The summed E-state index contributed by atoms with van der Waals surface area (Å²) in [5.41, 5.74) is 14.7. The van der Waals surface area contributed by atoms with Crippen LogP contribution in [-0.2, 0) is 4.79 Å². The van der Waals surface area contributed by atoms with Crippen LogP contribution in [0.1, 0.15) is 68.5 Å². The molecular formula is C35H38N8O4. The molecule has 0 atom stereocenters. The van der Waals surface area contributed by atoms with Gasteiger partial charge in [-0.05, 0) is 56.0 Å². The van der Waals surface area contributed by atoms with E-state index in [1.807, 2.05) is 37.1 Å². The van der Waals surface area contributed by atoms with Crippen molar-refractivity contribution in [2.45, 2.75) is 52.5 Å². The van der Waals surface area contributed by atoms with Crippen LogP contribution in [0.3, 0.4) is 0 Å². The molecule has 0 unspecified atom stereocenters. The Bertz CT molecular complexity index is 2100. The van der Waals surface area contributed by atoms with Gasteiger partial charge in [-0.3, -0.25) is 19.0 Å². The highest BCUT2D eigenvalue weighted by Crippen LogP contribution is 2.38. The van der Waals surface area contributed by atoms with Gasteiger partial charge in [0.2, 0.25) is 5.91 Å². The molecule has 0 aliphatic carbocycles. The summed E-state index contributed by atoms with van der Waals surface area (Å²) in [7, 11) is 0. The van der Waals surface area contributed by atoms with Gasteiger partial charge in [0, 0.05) is 60.8 Å². The van der Waals surface area contributed by atoms with Crippen LogP contribution in [-0.4, -0.2) is 53.3 Å². The molecule has 6 rings (SSSR count). The van der Waals surface area contributed by atoms with E-state index in [0.29, 0.717) is 24.5 Å². The van der Waals surface area contributed by atoms with Crippen molar-refractivity contribution in [1.29, 1.82) is 0 Å². The van der Waals surface area contributed by atoms with Crippen molar-refractivity contribution in [3.63, 3.8) is 0 Å². The highest BCUT2D eigenvalue weighted by molar-refractivity contribution is 5.99. The van der Waals surface area contributed by atoms with Crippen LogP contribution in [0.5, 0.6) is 0 Å². The third-order valence-corrected chi connectivity index (χ3v) is 8.86. The Hall–Kier alpha value is -5.52. The highest BCUT2D eigenvalue weighted by atomic mass is 16.2. The largest absolute Gasteiger partial charge is 0.382 e. The van der Waals surface area contributed by atoms with Gasteiger partial charge in [0.25, 0.3) is 11.5 Å². The lowest BCUT2D eigenvalue weighted by atomic mass is 9.92. The molecule has 4 N–H and O–H groups in total. The molecule has 5 aromatic rings. The first-order valence-corrected chi connectivity index (χ1v) is 15.8. The zero-order valence-electron chi connectivity index (χ0n) is 26.9. The number of aromatic nitrogens is 5. The average Bonchev–Trinajstić information content (AvgIpc) is 3.45. The number of nitrogens with two attached hydrogens (primary N) is 2. The third-order valence-electron chi connectivity index (χ3n) is 8.86. The van der Waals surface area contributed by atoms with E-state index in [4.69, 9.17) is 11.5 Å². The van der Waals surface area contributed by atoms with Gasteiger partial charge in [0.1, 0.15) is 17.2 Å². The van der Waals surface area contributed by atoms with Crippen LogP contribution in [0.15, 0.2) is 76.7 Å². The summed E-state index contributed by atoms with van der Waals surface area (Å²) in [5, 5.41) is 0. The molecule has 4 aromatic heterocycles. The number of carbonyl (C=O) groups is 2. The summed E-state index contributed by atoms with van der Waals surface area (Å²) in [5.74, 6) is -0.106. The topological polar surface area (TPSA) is 164 Å². The zero-order valence-corrected chi connectivity index (χ0v) is 26.9. The first-order valence-electron chi connectivity index (χ1n) is 15.8. The fourth-order valence-corrected chi connectivity index (χ4v) is 6.61. The SMILES string of the molecule is CC(C)C(=O)N1CCC(c2cc(-c3ccc(-c4c(C(N)=O)c(=O)n(-c5ccccn5)c(=O)n4C(C)C)cc3)c3c(N)nccn23)CC1. The molecule has 0 spiro atoms. The smallest absolute Gasteiger partial charge is 0.337 e. The van der Waals surface area contributed by atoms with Crippen molar-refractivity contribution < 1.29 is 9.59 Å².